The van der Waals surface area contributed by atoms with Crippen LogP contribution in [-0.2, 0) is 0 Å². The summed E-state index contributed by atoms with van der Waals surface area (Å²) in [5, 5.41) is 0. The Hall–Kier alpha value is -0.0400. The zero-order valence-electron chi connectivity index (χ0n) is 19.3. The van der Waals surface area contributed by atoms with Crippen molar-refractivity contribution in [3.05, 3.63) is 0 Å². The molecule has 1 nitrogen and oxygen atoms in total. The number of unbranched alkanes of at least 4 members (excludes halogenated alkanes) is 10. The molecule has 0 rings (SSSR count). The minimum absolute atomic E-state index is 0.884. The third-order valence-corrected chi connectivity index (χ3v) is 5.59. The zero-order chi connectivity index (χ0) is 19.5. The third kappa shape index (κ3) is 20.3. The molecule has 0 saturated carbocycles. The van der Waals surface area contributed by atoms with Crippen LogP contribution < -0.4 is 0 Å². The SMILES string of the molecule is CCCCCN(CCCCCCCC(C)C)CCCCCCCC(C)C. The van der Waals surface area contributed by atoms with Crippen molar-refractivity contribution in [1.82, 2.24) is 4.90 Å². The van der Waals surface area contributed by atoms with Crippen LogP contribution in [0.4, 0.5) is 0 Å². The van der Waals surface area contributed by atoms with Gasteiger partial charge in [0.05, 0.1) is 0 Å². The standard InChI is InChI=1S/C25H53N/c1-6-7-16-21-26(22-17-12-8-10-14-19-24(2)3)23-18-13-9-11-15-20-25(4)5/h24-25H,6-23H2,1-5H3. The molecule has 0 atom stereocenters. The Kier molecular flexibility index (Phi) is 19.7. The number of hydrogen-bond acceptors (Lipinski definition) is 1. The van der Waals surface area contributed by atoms with Crippen molar-refractivity contribution in [3.63, 3.8) is 0 Å². The Morgan fingerprint density at radius 3 is 1.19 bits per heavy atom. The van der Waals surface area contributed by atoms with E-state index in [1.807, 2.05) is 0 Å². The van der Waals surface area contributed by atoms with Gasteiger partial charge < -0.3 is 4.90 Å². The first-order chi connectivity index (χ1) is 12.6. The molecule has 1 heteroatoms. The highest BCUT2D eigenvalue weighted by atomic mass is 15.1. The highest BCUT2D eigenvalue weighted by Gasteiger charge is 2.05. The monoisotopic (exact) mass is 367 g/mol. The summed E-state index contributed by atoms with van der Waals surface area (Å²) in [4.78, 5) is 2.78. The summed E-state index contributed by atoms with van der Waals surface area (Å²) in [6.45, 7) is 15.7. The lowest BCUT2D eigenvalue weighted by molar-refractivity contribution is 0.254. The second-order valence-corrected chi connectivity index (χ2v) is 9.45. The fourth-order valence-electron chi connectivity index (χ4n) is 3.76. The summed E-state index contributed by atoms with van der Waals surface area (Å²) in [6, 6.07) is 0. The predicted molar refractivity (Wildman–Crippen MR) is 121 cm³/mol. The van der Waals surface area contributed by atoms with Gasteiger partial charge in [0.1, 0.15) is 0 Å². The van der Waals surface area contributed by atoms with E-state index in [9.17, 15) is 0 Å². The van der Waals surface area contributed by atoms with Crippen LogP contribution in [0.15, 0.2) is 0 Å². The van der Waals surface area contributed by atoms with E-state index in [0.717, 1.165) is 11.8 Å². The molecule has 0 aromatic rings. The molecule has 0 fully saturated rings. The summed E-state index contributed by atoms with van der Waals surface area (Å²) >= 11 is 0. The molecule has 0 aromatic carbocycles. The van der Waals surface area contributed by atoms with Crippen molar-refractivity contribution < 1.29 is 0 Å². The molecule has 0 saturated heterocycles. The number of nitrogens with zero attached hydrogens (tertiary/aromatic N) is 1. The third-order valence-electron chi connectivity index (χ3n) is 5.59. The van der Waals surface area contributed by atoms with E-state index < -0.39 is 0 Å². The minimum atomic E-state index is 0.884. The highest BCUT2D eigenvalue weighted by Crippen LogP contribution is 2.13. The van der Waals surface area contributed by atoms with E-state index in [1.165, 1.54) is 116 Å². The Balaban J connectivity index is 3.70. The van der Waals surface area contributed by atoms with Gasteiger partial charge in [0.25, 0.3) is 0 Å². The maximum atomic E-state index is 2.78. The van der Waals surface area contributed by atoms with Crippen molar-refractivity contribution in [3.8, 4) is 0 Å². The van der Waals surface area contributed by atoms with Crippen LogP contribution in [0, 0.1) is 11.8 Å². The molecular weight excluding hydrogens is 314 g/mol. The number of hydrogen-bond donors (Lipinski definition) is 0. The van der Waals surface area contributed by atoms with Gasteiger partial charge in [-0.15, -0.1) is 0 Å². The van der Waals surface area contributed by atoms with Gasteiger partial charge in [-0.05, 0) is 50.7 Å². The van der Waals surface area contributed by atoms with Crippen LogP contribution in [0.25, 0.3) is 0 Å². The molecule has 158 valence electrons. The summed E-state index contributed by atoms with van der Waals surface area (Å²) in [6.07, 6.45) is 21.4. The van der Waals surface area contributed by atoms with Gasteiger partial charge >= 0.3 is 0 Å². The van der Waals surface area contributed by atoms with Crippen molar-refractivity contribution in [2.24, 2.45) is 11.8 Å². The average Bonchev–Trinajstić information content (AvgIpc) is 2.59. The van der Waals surface area contributed by atoms with E-state index >= 15 is 0 Å². The quantitative estimate of drug-likeness (QED) is 0.195. The van der Waals surface area contributed by atoms with Gasteiger partial charge in [-0.2, -0.15) is 0 Å². The molecule has 0 aliphatic rings. The lowest BCUT2D eigenvalue weighted by Crippen LogP contribution is -2.27. The molecule has 0 heterocycles. The Morgan fingerprint density at radius 2 is 0.808 bits per heavy atom. The maximum Gasteiger partial charge on any atom is -0.00187 e. The first-order valence-electron chi connectivity index (χ1n) is 12.3. The van der Waals surface area contributed by atoms with Crippen molar-refractivity contribution in [2.45, 2.75) is 131 Å². The van der Waals surface area contributed by atoms with Crippen molar-refractivity contribution >= 4 is 0 Å². The lowest BCUT2D eigenvalue weighted by atomic mass is 10.0. The second kappa shape index (κ2) is 19.7. The minimum Gasteiger partial charge on any atom is -0.303 e. The Labute approximate surface area is 167 Å². The topological polar surface area (TPSA) is 3.24 Å². The average molecular weight is 368 g/mol. The fourth-order valence-corrected chi connectivity index (χ4v) is 3.76. The predicted octanol–water partition coefficient (Wildman–Crippen LogP) is 8.47. The van der Waals surface area contributed by atoms with Crippen LogP contribution >= 0.6 is 0 Å². The first-order valence-corrected chi connectivity index (χ1v) is 12.3. The lowest BCUT2D eigenvalue weighted by Gasteiger charge is -2.22. The molecule has 0 amide bonds. The highest BCUT2D eigenvalue weighted by molar-refractivity contribution is 4.60. The summed E-state index contributed by atoms with van der Waals surface area (Å²) in [5.41, 5.74) is 0. The van der Waals surface area contributed by atoms with Gasteiger partial charge in [0.2, 0.25) is 0 Å². The van der Waals surface area contributed by atoms with Crippen molar-refractivity contribution in [1.29, 1.82) is 0 Å². The van der Waals surface area contributed by atoms with Crippen LogP contribution in [-0.4, -0.2) is 24.5 Å². The summed E-state index contributed by atoms with van der Waals surface area (Å²) in [5.74, 6) is 1.77. The Bertz CT molecular complexity index is 237. The van der Waals surface area contributed by atoms with E-state index in [1.54, 1.807) is 0 Å². The second-order valence-electron chi connectivity index (χ2n) is 9.45. The van der Waals surface area contributed by atoms with E-state index in [2.05, 4.69) is 39.5 Å². The zero-order valence-corrected chi connectivity index (χ0v) is 19.3. The molecule has 0 spiro atoms. The fraction of sp³-hybridized carbons (Fsp3) is 1.00. The largest absolute Gasteiger partial charge is 0.303 e. The number of rotatable bonds is 20. The first kappa shape index (κ1) is 26.0. The maximum absolute atomic E-state index is 2.78. The molecule has 0 unspecified atom stereocenters. The van der Waals surface area contributed by atoms with E-state index in [4.69, 9.17) is 0 Å². The molecule has 0 aliphatic heterocycles. The van der Waals surface area contributed by atoms with Crippen molar-refractivity contribution in [2.75, 3.05) is 19.6 Å². The van der Waals surface area contributed by atoms with Crippen LogP contribution in [0.5, 0.6) is 0 Å². The van der Waals surface area contributed by atoms with Gasteiger partial charge in [-0.3, -0.25) is 0 Å². The van der Waals surface area contributed by atoms with Gasteiger partial charge in [0.15, 0.2) is 0 Å². The van der Waals surface area contributed by atoms with Crippen LogP contribution in [0.2, 0.25) is 0 Å². The molecular formula is C25H53N. The Morgan fingerprint density at radius 1 is 0.462 bits per heavy atom. The summed E-state index contributed by atoms with van der Waals surface area (Å²) in [7, 11) is 0. The molecule has 0 aromatic heterocycles. The van der Waals surface area contributed by atoms with Gasteiger partial charge in [-0.25, -0.2) is 0 Å². The normalized spacial score (nSPS) is 12.0. The molecule has 0 bridgehead atoms. The molecule has 26 heavy (non-hydrogen) atoms. The molecule has 0 aliphatic carbocycles. The molecule has 0 N–H and O–H groups in total. The van der Waals surface area contributed by atoms with Crippen LogP contribution in [0.1, 0.15) is 131 Å². The van der Waals surface area contributed by atoms with E-state index in [-0.39, 0.29) is 0 Å². The smallest absolute Gasteiger partial charge is 0.00187 e. The van der Waals surface area contributed by atoms with E-state index in [0.29, 0.717) is 0 Å². The van der Waals surface area contributed by atoms with Crippen LogP contribution in [0.3, 0.4) is 0 Å². The van der Waals surface area contributed by atoms with Gasteiger partial charge in [0, 0.05) is 0 Å². The summed E-state index contributed by atoms with van der Waals surface area (Å²) < 4.78 is 0. The molecule has 0 radical (unpaired) electrons. The van der Waals surface area contributed by atoms with Gasteiger partial charge in [-0.1, -0.05) is 112 Å².